The van der Waals surface area contributed by atoms with E-state index in [-0.39, 0.29) is 11.3 Å². The molecule has 1 aliphatic rings. The molecule has 0 spiro atoms. The van der Waals surface area contributed by atoms with Crippen molar-refractivity contribution in [3.63, 3.8) is 0 Å². The second-order valence-electron chi connectivity index (χ2n) is 8.05. The van der Waals surface area contributed by atoms with E-state index in [2.05, 4.69) is 24.4 Å². The zero-order chi connectivity index (χ0) is 26.2. The predicted molar refractivity (Wildman–Crippen MR) is 107 cm³/mol. The molecule has 1 aliphatic heterocycles. The molecule has 2 aromatic rings. The van der Waals surface area contributed by atoms with E-state index >= 15 is 4.39 Å². The highest BCUT2D eigenvalue weighted by Crippen LogP contribution is 2.42. The number of carbonyl (C=O) groups excluding carboxylic acids is 1. The van der Waals surface area contributed by atoms with Gasteiger partial charge >= 0.3 is 6.18 Å². The summed E-state index contributed by atoms with van der Waals surface area (Å²) in [5, 5.41) is 0. The smallest absolute Gasteiger partial charge is 0.422 e. The number of ether oxygens (including phenoxy) is 2. The predicted octanol–water partition coefficient (Wildman–Crippen LogP) is 3.90. The lowest BCUT2D eigenvalue weighted by atomic mass is 9.81. The fourth-order valence-corrected chi connectivity index (χ4v) is 3.41. The maximum Gasteiger partial charge on any atom is 0.422 e. The Balaban J connectivity index is 1.83. The molecule has 190 valence electrons. The maximum absolute atomic E-state index is 15.2. The monoisotopic (exact) mass is 508 g/mol. The van der Waals surface area contributed by atoms with Gasteiger partial charge in [-0.25, -0.2) is 32.5 Å². The molecule has 7 nitrogen and oxygen atoms in total. The van der Waals surface area contributed by atoms with E-state index in [0.717, 1.165) is 31.5 Å². The third-order valence-corrected chi connectivity index (χ3v) is 5.13. The molecule has 0 radical (unpaired) electrons. The van der Waals surface area contributed by atoms with Crippen molar-refractivity contribution in [1.82, 2.24) is 9.97 Å². The highest BCUT2D eigenvalue weighted by molar-refractivity contribution is 5.95. The Morgan fingerprint density at radius 2 is 1.89 bits per heavy atom. The molecule has 35 heavy (non-hydrogen) atoms. The van der Waals surface area contributed by atoms with Crippen molar-refractivity contribution in [3.05, 3.63) is 53.2 Å². The first-order valence-electron chi connectivity index (χ1n) is 9.98. The molecule has 3 atom stereocenters. The van der Waals surface area contributed by atoms with Gasteiger partial charge in [0.25, 0.3) is 11.9 Å². The molecule has 3 rings (SSSR count). The van der Waals surface area contributed by atoms with Crippen LogP contribution in [0.2, 0.25) is 0 Å². The van der Waals surface area contributed by atoms with Crippen LogP contribution in [0.1, 0.15) is 35.5 Å². The van der Waals surface area contributed by atoms with E-state index in [9.17, 15) is 31.1 Å². The fraction of sp³-hybridized carbons (Fsp3) is 0.429. The fourth-order valence-electron chi connectivity index (χ4n) is 3.41. The second kappa shape index (κ2) is 9.30. The van der Waals surface area contributed by atoms with Crippen LogP contribution >= 0.6 is 0 Å². The van der Waals surface area contributed by atoms with Gasteiger partial charge in [0, 0.05) is 18.9 Å². The van der Waals surface area contributed by atoms with Crippen molar-refractivity contribution in [2.45, 2.75) is 50.2 Å². The number of nitrogens with two attached hydrogens (primary N) is 1. The number of carbonyl (C=O) groups is 1. The Morgan fingerprint density at radius 1 is 1.20 bits per heavy atom. The molecule has 1 aromatic heterocycles. The van der Waals surface area contributed by atoms with Crippen LogP contribution in [-0.2, 0) is 16.7 Å². The zero-order valence-electron chi connectivity index (χ0n) is 18.2. The Labute approximate surface area is 194 Å². The van der Waals surface area contributed by atoms with Crippen LogP contribution < -0.4 is 10.5 Å². The summed E-state index contributed by atoms with van der Waals surface area (Å²) in [6, 6.07) is 2.45. The summed E-state index contributed by atoms with van der Waals surface area (Å²) in [5.41, 5.74) is 2.76. The minimum atomic E-state index is -4.59. The molecule has 0 unspecified atom stereocenters. The van der Waals surface area contributed by atoms with E-state index in [0.29, 0.717) is 6.92 Å². The number of ketones is 1. The SMILES string of the molecule is CC(F)(F)[C@H]1OC(N)=N[C@](C)(c2cc(CC(=O)c3cnc(OCC(F)(F)F)cn3)ccc2F)[C@H]1F. The first-order chi connectivity index (χ1) is 16.1. The molecule has 0 fully saturated rings. The van der Waals surface area contributed by atoms with E-state index in [1.807, 2.05) is 0 Å². The summed E-state index contributed by atoms with van der Waals surface area (Å²) >= 11 is 0. The van der Waals surface area contributed by atoms with Gasteiger partial charge in [0.15, 0.2) is 24.7 Å². The molecule has 0 saturated carbocycles. The van der Waals surface area contributed by atoms with Crippen LogP contribution in [0.25, 0.3) is 0 Å². The molecule has 1 aromatic carbocycles. The number of aliphatic imine (C=N–C) groups is 1. The first-order valence-corrected chi connectivity index (χ1v) is 9.98. The third kappa shape index (κ3) is 5.98. The number of amidine groups is 1. The first kappa shape index (κ1) is 26.2. The van der Waals surface area contributed by atoms with Gasteiger partial charge in [-0.05, 0) is 24.6 Å². The van der Waals surface area contributed by atoms with Crippen LogP contribution in [-0.4, -0.2) is 52.8 Å². The Bertz CT molecular complexity index is 1120. The van der Waals surface area contributed by atoms with Gasteiger partial charge in [-0.2, -0.15) is 13.2 Å². The van der Waals surface area contributed by atoms with Gasteiger partial charge in [0.2, 0.25) is 5.88 Å². The number of benzene rings is 1. The summed E-state index contributed by atoms with van der Waals surface area (Å²) < 4.78 is 103. The molecule has 2 heterocycles. The molecule has 2 N–H and O–H groups in total. The Kier molecular flexibility index (Phi) is 6.95. The number of hydrogen-bond donors (Lipinski definition) is 1. The number of hydrogen-bond acceptors (Lipinski definition) is 7. The standard InChI is InChI=1S/C21H19F7N4O3/c1-19(16(23)17(20(2,24)25)35-18(29)32-19)11-5-10(3-4-12(11)22)6-14(33)13-7-31-15(8-30-13)34-9-21(26,27)28/h3-5,7-8,16-17H,6,9H2,1-2H3,(H2,29,32)/t16-,17-,19+/m0/s1. The maximum atomic E-state index is 15.2. The van der Waals surface area contributed by atoms with Crippen molar-refractivity contribution in [2.24, 2.45) is 10.7 Å². The van der Waals surface area contributed by atoms with Crippen LogP contribution in [0.5, 0.6) is 5.88 Å². The van der Waals surface area contributed by atoms with Crippen molar-refractivity contribution >= 4 is 11.8 Å². The molecule has 0 saturated heterocycles. The third-order valence-electron chi connectivity index (χ3n) is 5.13. The molecule has 0 amide bonds. The van der Waals surface area contributed by atoms with Gasteiger partial charge in [-0.3, -0.25) is 4.79 Å². The van der Waals surface area contributed by atoms with Crippen molar-refractivity contribution in [1.29, 1.82) is 0 Å². The van der Waals surface area contributed by atoms with E-state index in [1.54, 1.807) is 0 Å². The van der Waals surface area contributed by atoms with E-state index < -0.39 is 72.0 Å². The number of rotatable bonds is 7. The van der Waals surface area contributed by atoms with Gasteiger partial charge in [0.05, 0.1) is 12.4 Å². The highest BCUT2D eigenvalue weighted by atomic mass is 19.4. The average molecular weight is 508 g/mol. The van der Waals surface area contributed by atoms with Gasteiger partial charge < -0.3 is 15.2 Å². The number of nitrogens with zero attached hydrogens (tertiary/aromatic N) is 3. The Hall–Kier alpha value is -3.45. The summed E-state index contributed by atoms with van der Waals surface area (Å²) in [4.78, 5) is 23.6. The molecule has 0 bridgehead atoms. The van der Waals surface area contributed by atoms with Crippen molar-refractivity contribution < 1.29 is 45.0 Å². The molecular formula is C21H19F7N4O3. The topological polar surface area (TPSA) is 99.7 Å². The summed E-state index contributed by atoms with van der Waals surface area (Å²) in [6.07, 6.45) is -8.09. The minimum Gasteiger partial charge on any atom is -0.467 e. The second-order valence-corrected chi connectivity index (χ2v) is 8.05. The summed E-state index contributed by atoms with van der Waals surface area (Å²) in [7, 11) is 0. The zero-order valence-corrected chi connectivity index (χ0v) is 18.2. The number of Topliss-reactive ketones (excluding diaryl/α,β-unsaturated/α-hetero) is 1. The van der Waals surface area contributed by atoms with Crippen LogP contribution in [0, 0.1) is 5.82 Å². The normalized spacial score (nSPS) is 22.8. The van der Waals surface area contributed by atoms with Gasteiger partial charge in [0.1, 0.15) is 17.1 Å². The lowest BCUT2D eigenvalue weighted by molar-refractivity contribution is -0.154. The lowest BCUT2D eigenvalue weighted by Gasteiger charge is -2.40. The van der Waals surface area contributed by atoms with Crippen LogP contribution in [0.15, 0.2) is 35.6 Å². The lowest BCUT2D eigenvalue weighted by Crippen LogP contribution is -2.55. The highest BCUT2D eigenvalue weighted by Gasteiger charge is 2.55. The van der Waals surface area contributed by atoms with Crippen molar-refractivity contribution in [3.8, 4) is 5.88 Å². The number of aromatic nitrogens is 2. The molecule has 14 heteroatoms. The Morgan fingerprint density at radius 3 is 2.46 bits per heavy atom. The molecule has 0 aliphatic carbocycles. The summed E-state index contributed by atoms with van der Waals surface area (Å²) in [6.45, 7) is -0.0966. The van der Waals surface area contributed by atoms with E-state index in [1.165, 1.54) is 6.07 Å². The van der Waals surface area contributed by atoms with Gasteiger partial charge in [-0.15, -0.1) is 0 Å². The largest absolute Gasteiger partial charge is 0.467 e. The van der Waals surface area contributed by atoms with Gasteiger partial charge in [-0.1, -0.05) is 6.07 Å². The van der Waals surface area contributed by atoms with Crippen LogP contribution in [0.4, 0.5) is 30.7 Å². The average Bonchev–Trinajstić information content (AvgIpc) is 2.75. The number of alkyl halides is 6. The van der Waals surface area contributed by atoms with Crippen LogP contribution in [0.3, 0.4) is 0 Å². The minimum absolute atomic E-state index is 0.152. The number of halogens is 7. The van der Waals surface area contributed by atoms with E-state index in [4.69, 9.17) is 5.73 Å². The summed E-state index contributed by atoms with van der Waals surface area (Å²) in [5.74, 6) is -5.76. The molecular weight excluding hydrogens is 489 g/mol. The van der Waals surface area contributed by atoms with Crippen molar-refractivity contribution in [2.75, 3.05) is 6.61 Å². The quantitative estimate of drug-likeness (QED) is 0.450.